The SMILES string of the molecule is CC(=O)OCN(CCc1c[nH]c2ccc(F)cc12)C(=O)c1nc(C)sc1-c1ccc(C)c(C)c1. The van der Waals surface area contributed by atoms with Gasteiger partial charge in [0.1, 0.15) is 11.5 Å². The molecule has 1 N–H and O–H groups in total. The van der Waals surface area contributed by atoms with E-state index in [0.29, 0.717) is 12.1 Å². The van der Waals surface area contributed by atoms with E-state index in [9.17, 15) is 14.0 Å². The lowest BCUT2D eigenvalue weighted by Gasteiger charge is -2.22. The van der Waals surface area contributed by atoms with E-state index in [1.54, 1.807) is 6.07 Å². The highest BCUT2D eigenvalue weighted by atomic mass is 32.1. The molecular formula is C26H26FN3O3S. The normalized spacial score (nSPS) is 11.1. The third-order valence-corrected chi connectivity index (χ3v) is 6.82. The number of H-pyrrole nitrogens is 1. The van der Waals surface area contributed by atoms with E-state index < -0.39 is 5.97 Å². The highest BCUT2D eigenvalue weighted by Crippen LogP contribution is 2.32. The average molecular weight is 480 g/mol. The molecule has 0 bridgehead atoms. The number of hydrogen-bond donors (Lipinski definition) is 1. The molecule has 8 heteroatoms. The highest BCUT2D eigenvalue weighted by Gasteiger charge is 2.25. The van der Waals surface area contributed by atoms with E-state index in [0.717, 1.165) is 37.5 Å². The van der Waals surface area contributed by atoms with Crippen molar-refractivity contribution in [2.45, 2.75) is 34.1 Å². The van der Waals surface area contributed by atoms with Gasteiger partial charge in [-0.2, -0.15) is 0 Å². The van der Waals surface area contributed by atoms with Gasteiger partial charge >= 0.3 is 5.97 Å². The summed E-state index contributed by atoms with van der Waals surface area (Å²) in [6.07, 6.45) is 2.27. The predicted octanol–water partition coefficient (Wildman–Crippen LogP) is 5.56. The summed E-state index contributed by atoms with van der Waals surface area (Å²) in [5, 5.41) is 1.54. The number of hydrogen-bond acceptors (Lipinski definition) is 5. The Morgan fingerprint density at radius 2 is 1.91 bits per heavy atom. The zero-order valence-corrected chi connectivity index (χ0v) is 20.4. The van der Waals surface area contributed by atoms with Crippen LogP contribution in [0.3, 0.4) is 0 Å². The molecule has 0 unspecified atom stereocenters. The van der Waals surface area contributed by atoms with Crippen LogP contribution in [0.5, 0.6) is 0 Å². The summed E-state index contributed by atoms with van der Waals surface area (Å²) in [4.78, 5) is 35.0. The smallest absolute Gasteiger partial charge is 0.304 e. The standard InChI is InChI=1S/C26H26FN3O3S/c1-15-5-6-19(11-16(15)2)25-24(29-17(3)34-25)26(32)30(14-33-18(4)31)10-9-20-13-28-23-8-7-21(27)12-22(20)23/h5-8,11-13,28H,9-10,14H2,1-4H3. The molecule has 34 heavy (non-hydrogen) atoms. The number of carbonyl (C=O) groups is 2. The first-order valence-electron chi connectivity index (χ1n) is 11.0. The van der Waals surface area contributed by atoms with Crippen molar-refractivity contribution in [3.8, 4) is 10.4 Å². The number of rotatable bonds is 7. The molecule has 176 valence electrons. The number of aromatic amines is 1. The van der Waals surface area contributed by atoms with Gasteiger partial charge in [0.2, 0.25) is 0 Å². The molecule has 4 rings (SSSR count). The number of halogens is 1. The van der Waals surface area contributed by atoms with E-state index in [2.05, 4.69) is 16.0 Å². The fourth-order valence-corrected chi connectivity index (χ4v) is 4.71. The molecule has 2 heterocycles. The largest absolute Gasteiger partial charge is 0.444 e. The lowest BCUT2D eigenvalue weighted by Crippen LogP contribution is -2.36. The predicted molar refractivity (Wildman–Crippen MR) is 131 cm³/mol. The maximum absolute atomic E-state index is 13.8. The summed E-state index contributed by atoms with van der Waals surface area (Å²) in [6.45, 7) is 7.33. The first-order chi connectivity index (χ1) is 16.2. The van der Waals surface area contributed by atoms with Crippen molar-refractivity contribution < 1.29 is 18.7 Å². The minimum atomic E-state index is -0.476. The summed E-state index contributed by atoms with van der Waals surface area (Å²) in [5.74, 6) is -1.11. The van der Waals surface area contributed by atoms with E-state index >= 15 is 0 Å². The Morgan fingerprint density at radius 3 is 2.65 bits per heavy atom. The second-order valence-electron chi connectivity index (χ2n) is 8.30. The summed E-state index contributed by atoms with van der Waals surface area (Å²) < 4.78 is 19.0. The van der Waals surface area contributed by atoms with Crippen LogP contribution in [0, 0.1) is 26.6 Å². The van der Waals surface area contributed by atoms with Crippen LogP contribution in [0.1, 0.15) is 39.1 Å². The maximum atomic E-state index is 13.8. The van der Waals surface area contributed by atoms with Gasteiger partial charge in [-0.25, -0.2) is 9.37 Å². The van der Waals surface area contributed by atoms with Crippen LogP contribution in [0.25, 0.3) is 21.3 Å². The van der Waals surface area contributed by atoms with Gasteiger partial charge in [0.05, 0.1) is 9.88 Å². The van der Waals surface area contributed by atoms with Crippen molar-refractivity contribution in [3.63, 3.8) is 0 Å². The number of carbonyl (C=O) groups excluding carboxylic acids is 2. The van der Waals surface area contributed by atoms with Gasteiger partial charge in [-0.3, -0.25) is 9.59 Å². The molecule has 0 saturated carbocycles. The quantitative estimate of drug-likeness (QED) is 0.278. The lowest BCUT2D eigenvalue weighted by atomic mass is 10.0. The summed E-state index contributed by atoms with van der Waals surface area (Å²) in [6, 6.07) is 10.6. The topological polar surface area (TPSA) is 75.3 Å². The van der Waals surface area contributed by atoms with E-state index in [4.69, 9.17) is 4.74 Å². The summed E-state index contributed by atoms with van der Waals surface area (Å²) >= 11 is 1.46. The zero-order chi connectivity index (χ0) is 24.4. The van der Waals surface area contributed by atoms with Crippen molar-refractivity contribution >= 4 is 34.1 Å². The molecule has 0 saturated heterocycles. The number of nitrogens with zero attached hydrogens (tertiary/aromatic N) is 2. The monoisotopic (exact) mass is 479 g/mol. The van der Waals surface area contributed by atoms with Crippen LogP contribution in [0.15, 0.2) is 42.6 Å². The Labute approximate surface area is 201 Å². The molecule has 0 spiro atoms. The van der Waals surface area contributed by atoms with Crippen LogP contribution < -0.4 is 0 Å². The van der Waals surface area contributed by atoms with E-state index in [-0.39, 0.29) is 25.0 Å². The number of aryl methyl sites for hydroxylation is 3. The van der Waals surface area contributed by atoms with Crippen molar-refractivity contribution in [1.29, 1.82) is 0 Å². The van der Waals surface area contributed by atoms with Gasteiger partial charge in [0.15, 0.2) is 6.73 Å². The number of esters is 1. The van der Waals surface area contributed by atoms with Crippen molar-refractivity contribution in [2.24, 2.45) is 0 Å². The molecule has 0 radical (unpaired) electrons. The molecule has 4 aromatic rings. The number of ether oxygens (including phenoxy) is 1. The molecule has 0 atom stereocenters. The number of amides is 1. The first-order valence-corrected chi connectivity index (χ1v) is 11.8. The van der Waals surface area contributed by atoms with Crippen molar-refractivity contribution in [1.82, 2.24) is 14.9 Å². The molecule has 2 aromatic carbocycles. The number of thiazole rings is 1. The van der Waals surface area contributed by atoms with Gasteiger partial charge in [-0.05, 0) is 67.6 Å². The Hall–Kier alpha value is -3.52. The Bertz CT molecular complexity index is 1380. The Kier molecular flexibility index (Phi) is 6.79. The second kappa shape index (κ2) is 9.77. The van der Waals surface area contributed by atoms with Gasteiger partial charge in [0.25, 0.3) is 5.91 Å². The fraction of sp³-hybridized carbons (Fsp3) is 0.269. The Balaban J connectivity index is 1.63. The van der Waals surface area contributed by atoms with E-state index in [1.807, 2.05) is 39.1 Å². The first kappa shape index (κ1) is 23.6. The van der Waals surface area contributed by atoms with Crippen LogP contribution in [-0.2, 0) is 16.0 Å². The van der Waals surface area contributed by atoms with Crippen LogP contribution in [-0.4, -0.2) is 40.0 Å². The third kappa shape index (κ3) is 5.02. The molecule has 2 aromatic heterocycles. The number of aromatic nitrogens is 2. The molecule has 0 aliphatic heterocycles. The number of nitrogens with one attached hydrogen (secondary N) is 1. The lowest BCUT2D eigenvalue weighted by molar-refractivity contribution is -0.144. The average Bonchev–Trinajstić information content (AvgIpc) is 3.38. The van der Waals surface area contributed by atoms with Gasteiger partial charge in [-0.1, -0.05) is 18.2 Å². The fourth-order valence-electron chi connectivity index (χ4n) is 3.81. The highest BCUT2D eigenvalue weighted by molar-refractivity contribution is 7.15. The summed E-state index contributed by atoms with van der Waals surface area (Å²) in [7, 11) is 0. The second-order valence-corrected chi connectivity index (χ2v) is 9.50. The van der Waals surface area contributed by atoms with E-state index in [1.165, 1.54) is 40.9 Å². The van der Waals surface area contributed by atoms with Crippen molar-refractivity contribution in [3.05, 3.63) is 75.8 Å². The van der Waals surface area contributed by atoms with Crippen molar-refractivity contribution in [2.75, 3.05) is 13.3 Å². The molecule has 0 aliphatic rings. The van der Waals surface area contributed by atoms with Crippen LogP contribution in [0.2, 0.25) is 0 Å². The van der Waals surface area contributed by atoms with Gasteiger partial charge < -0.3 is 14.6 Å². The van der Waals surface area contributed by atoms with Gasteiger partial charge in [0, 0.05) is 30.6 Å². The number of fused-ring (bicyclic) bond motifs is 1. The molecule has 1 amide bonds. The minimum Gasteiger partial charge on any atom is -0.444 e. The Morgan fingerprint density at radius 1 is 1.12 bits per heavy atom. The summed E-state index contributed by atoms with van der Waals surface area (Å²) in [5.41, 5.74) is 5.26. The zero-order valence-electron chi connectivity index (χ0n) is 19.6. The van der Waals surface area contributed by atoms with Gasteiger partial charge in [-0.15, -0.1) is 11.3 Å². The van der Waals surface area contributed by atoms with Crippen LogP contribution >= 0.6 is 11.3 Å². The third-order valence-electron chi connectivity index (χ3n) is 5.80. The minimum absolute atomic E-state index is 0.187. The maximum Gasteiger partial charge on any atom is 0.304 e. The molecule has 0 aliphatic carbocycles. The molecule has 0 fully saturated rings. The number of benzene rings is 2. The van der Waals surface area contributed by atoms with Crippen LogP contribution in [0.4, 0.5) is 4.39 Å². The molecular weight excluding hydrogens is 453 g/mol. The molecule has 6 nitrogen and oxygen atoms in total.